The van der Waals surface area contributed by atoms with Crippen LogP contribution in [0.1, 0.15) is 17.5 Å². The van der Waals surface area contributed by atoms with E-state index in [4.69, 9.17) is 4.74 Å². The highest BCUT2D eigenvalue weighted by atomic mass is 16.5. The van der Waals surface area contributed by atoms with Crippen molar-refractivity contribution in [3.63, 3.8) is 0 Å². The van der Waals surface area contributed by atoms with Gasteiger partial charge in [0, 0.05) is 6.54 Å². The molecule has 4 nitrogen and oxygen atoms in total. The summed E-state index contributed by atoms with van der Waals surface area (Å²) >= 11 is 0. The molecule has 1 aliphatic carbocycles. The fourth-order valence-electron chi connectivity index (χ4n) is 2.56. The first-order chi connectivity index (χ1) is 9.22. The Morgan fingerprint density at radius 1 is 1.32 bits per heavy atom. The summed E-state index contributed by atoms with van der Waals surface area (Å²) in [5.74, 6) is 1.38. The van der Waals surface area contributed by atoms with Crippen molar-refractivity contribution in [2.24, 2.45) is 5.92 Å². The SMILES string of the molecule is COC(=O)CCNCC1Cc2ccc(OC)cc2C1. The quantitative estimate of drug-likeness (QED) is 0.625. The third-order valence-corrected chi connectivity index (χ3v) is 3.60. The molecule has 0 saturated heterocycles. The van der Waals surface area contributed by atoms with Crippen LogP contribution in [0.5, 0.6) is 5.75 Å². The van der Waals surface area contributed by atoms with Crippen molar-refractivity contribution < 1.29 is 14.3 Å². The van der Waals surface area contributed by atoms with Crippen molar-refractivity contribution in [1.82, 2.24) is 5.32 Å². The van der Waals surface area contributed by atoms with Gasteiger partial charge in [-0.15, -0.1) is 0 Å². The molecule has 1 aromatic rings. The Kier molecular flexibility index (Phi) is 4.80. The molecule has 0 aliphatic heterocycles. The number of hydrogen-bond donors (Lipinski definition) is 1. The summed E-state index contributed by atoms with van der Waals surface area (Å²) in [5, 5.41) is 3.32. The Labute approximate surface area is 114 Å². The Morgan fingerprint density at radius 3 is 2.84 bits per heavy atom. The van der Waals surface area contributed by atoms with E-state index in [2.05, 4.69) is 22.2 Å². The smallest absolute Gasteiger partial charge is 0.306 e. The number of benzene rings is 1. The van der Waals surface area contributed by atoms with Gasteiger partial charge in [-0.3, -0.25) is 4.79 Å². The van der Waals surface area contributed by atoms with Gasteiger partial charge in [-0.25, -0.2) is 0 Å². The number of hydrogen-bond acceptors (Lipinski definition) is 4. The van der Waals surface area contributed by atoms with Gasteiger partial charge in [0.1, 0.15) is 5.75 Å². The standard InChI is InChI=1S/C15H21NO3/c1-18-14-4-3-12-7-11(8-13(12)9-14)10-16-6-5-15(17)19-2/h3-4,9,11,16H,5-8,10H2,1-2H3. The third kappa shape index (κ3) is 3.70. The maximum atomic E-state index is 11.0. The number of carbonyl (C=O) groups excluding carboxylic acids is 1. The van der Waals surface area contributed by atoms with Crippen LogP contribution in [0.4, 0.5) is 0 Å². The zero-order chi connectivity index (χ0) is 13.7. The largest absolute Gasteiger partial charge is 0.497 e. The molecule has 0 radical (unpaired) electrons. The van der Waals surface area contributed by atoms with Gasteiger partial charge in [-0.05, 0) is 48.6 Å². The summed E-state index contributed by atoms with van der Waals surface area (Å²) in [6.45, 7) is 1.62. The summed E-state index contributed by atoms with van der Waals surface area (Å²) < 4.78 is 9.85. The van der Waals surface area contributed by atoms with E-state index in [1.54, 1.807) is 7.11 Å². The van der Waals surface area contributed by atoms with Crippen LogP contribution in [0.2, 0.25) is 0 Å². The molecular formula is C15H21NO3. The van der Waals surface area contributed by atoms with Crippen molar-refractivity contribution in [3.8, 4) is 5.75 Å². The molecule has 2 rings (SSSR count). The lowest BCUT2D eigenvalue weighted by Gasteiger charge is -2.09. The topological polar surface area (TPSA) is 47.6 Å². The molecule has 4 heteroatoms. The van der Waals surface area contributed by atoms with Crippen LogP contribution in [-0.4, -0.2) is 33.3 Å². The van der Waals surface area contributed by atoms with Gasteiger partial charge in [0.25, 0.3) is 0 Å². The second-order valence-corrected chi connectivity index (χ2v) is 4.94. The average Bonchev–Trinajstić information content (AvgIpc) is 2.84. The number of ether oxygens (including phenoxy) is 2. The average molecular weight is 263 g/mol. The molecular weight excluding hydrogens is 242 g/mol. The zero-order valence-electron chi connectivity index (χ0n) is 11.6. The van der Waals surface area contributed by atoms with E-state index in [0.717, 1.165) is 25.1 Å². The lowest BCUT2D eigenvalue weighted by atomic mass is 10.1. The maximum absolute atomic E-state index is 11.0. The Bertz CT molecular complexity index is 445. The highest BCUT2D eigenvalue weighted by Gasteiger charge is 2.21. The van der Waals surface area contributed by atoms with E-state index in [1.165, 1.54) is 18.2 Å². The number of methoxy groups -OCH3 is 2. The molecule has 0 amide bonds. The Balaban J connectivity index is 1.75. The second kappa shape index (κ2) is 6.57. The van der Waals surface area contributed by atoms with Crippen LogP contribution in [0.15, 0.2) is 18.2 Å². The number of carbonyl (C=O) groups is 1. The minimum Gasteiger partial charge on any atom is -0.497 e. The van der Waals surface area contributed by atoms with Gasteiger partial charge in [-0.2, -0.15) is 0 Å². The van der Waals surface area contributed by atoms with E-state index in [0.29, 0.717) is 18.9 Å². The number of nitrogens with one attached hydrogen (secondary N) is 1. The predicted octanol–water partition coefficient (Wildman–Crippen LogP) is 1.56. The van der Waals surface area contributed by atoms with Crippen LogP contribution in [-0.2, 0) is 22.4 Å². The number of fused-ring (bicyclic) bond motifs is 1. The van der Waals surface area contributed by atoms with Crippen LogP contribution < -0.4 is 10.1 Å². The van der Waals surface area contributed by atoms with Crippen molar-refractivity contribution in [2.75, 3.05) is 27.3 Å². The van der Waals surface area contributed by atoms with Gasteiger partial charge in [0.05, 0.1) is 20.6 Å². The lowest BCUT2D eigenvalue weighted by Crippen LogP contribution is -2.25. The first kappa shape index (κ1) is 13.9. The lowest BCUT2D eigenvalue weighted by molar-refractivity contribution is -0.140. The van der Waals surface area contributed by atoms with Crippen molar-refractivity contribution in [2.45, 2.75) is 19.3 Å². The van der Waals surface area contributed by atoms with Crippen LogP contribution in [0.3, 0.4) is 0 Å². The molecule has 104 valence electrons. The van der Waals surface area contributed by atoms with Gasteiger partial charge in [0.15, 0.2) is 0 Å². The molecule has 0 spiro atoms. The molecule has 1 atom stereocenters. The fraction of sp³-hybridized carbons (Fsp3) is 0.533. The minimum atomic E-state index is -0.160. The Hall–Kier alpha value is -1.55. The first-order valence-corrected chi connectivity index (χ1v) is 6.66. The van der Waals surface area contributed by atoms with Crippen molar-refractivity contribution in [3.05, 3.63) is 29.3 Å². The summed E-state index contributed by atoms with van der Waals surface area (Å²) in [5.41, 5.74) is 2.81. The molecule has 0 fully saturated rings. The fourth-order valence-corrected chi connectivity index (χ4v) is 2.56. The highest BCUT2D eigenvalue weighted by molar-refractivity contribution is 5.69. The van der Waals surface area contributed by atoms with E-state index in [9.17, 15) is 4.79 Å². The van der Waals surface area contributed by atoms with E-state index in [1.807, 2.05) is 6.07 Å². The summed E-state index contributed by atoms with van der Waals surface area (Å²) in [6, 6.07) is 6.30. The van der Waals surface area contributed by atoms with Crippen LogP contribution in [0, 0.1) is 5.92 Å². The van der Waals surface area contributed by atoms with Gasteiger partial charge < -0.3 is 14.8 Å². The second-order valence-electron chi connectivity index (χ2n) is 4.94. The Morgan fingerprint density at radius 2 is 2.11 bits per heavy atom. The predicted molar refractivity (Wildman–Crippen MR) is 73.4 cm³/mol. The molecule has 1 aromatic carbocycles. The first-order valence-electron chi connectivity index (χ1n) is 6.66. The number of esters is 1. The molecule has 19 heavy (non-hydrogen) atoms. The summed E-state index contributed by atoms with van der Waals surface area (Å²) in [7, 11) is 3.12. The van der Waals surface area contributed by atoms with E-state index in [-0.39, 0.29) is 5.97 Å². The zero-order valence-corrected chi connectivity index (χ0v) is 11.6. The van der Waals surface area contributed by atoms with Crippen LogP contribution >= 0.6 is 0 Å². The molecule has 0 bridgehead atoms. The molecule has 1 N–H and O–H groups in total. The third-order valence-electron chi connectivity index (χ3n) is 3.60. The van der Waals surface area contributed by atoms with Crippen LogP contribution in [0.25, 0.3) is 0 Å². The minimum absolute atomic E-state index is 0.160. The number of rotatable bonds is 6. The normalized spacial score (nSPS) is 17.1. The van der Waals surface area contributed by atoms with Gasteiger partial charge in [-0.1, -0.05) is 6.07 Å². The van der Waals surface area contributed by atoms with Gasteiger partial charge in [0.2, 0.25) is 0 Å². The van der Waals surface area contributed by atoms with E-state index >= 15 is 0 Å². The molecule has 0 heterocycles. The summed E-state index contributed by atoms with van der Waals surface area (Å²) in [4.78, 5) is 11.0. The molecule has 0 saturated carbocycles. The maximum Gasteiger partial charge on any atom is 0.306 e. The molecule has 0 aromatic heterocycles. The summed E-state index contributed by atoms with van der Waals surface area (Å²) in [6.07, 6.45) is 2.62. The van der Waals surface area contributed by atoms with E-state index < -0.39 is 0 Å². The molecule has 1 unspecified atom stereocenters. The highest BCUT2D eigenvalue weighted by Crippen LogP contribution is 2.29. The van der Waals surface area contributed by atoms with Crippen molar-refractivity contribution in [1.29, 1.82) is 0 Å². The van der Waals surface area contributed by atoms with Crippen molar-refractivity contribution >= 4 is 5.97 Å². The monoisotopic (exact) mass is 263 g/mol. The van der Waals surface area contributed by atoms with Gasteiger partial charge >= 0.3 is 5.97 Å². The molecule has 1 aliphatic rings.